The van der Waals surface area contributed by atoms with Gasteiger partial charge in [-0.1, -0.05) is 12.1 Å². The molecule has 8 heteroatoms. The Kier molecular flexibility index (Phi) is 5.41. The maximum atomic E-state index is 12.7. The zero-order valence-corrected chi connectivity index (χ0v) is 16.2. The molecule has 1 saturated heterocycles. The fourth-order valence-electron chi connectivity index (χ4n) is 3.39. The van der Waals surface area contributed by atoms with Crippen LogP contribution in [-0.2, 0) is 11.2 Å². The Morgan fingerprint density at radius 1 is 1.10 bits per heavy atom. The highest BCUT2D eigenvalue weighted by atomic mass is 16.7. The first kappa shape index (κ1) is 18.9. The third-order valence-corrected chi connectivity index (χ3v) is 4.99. The number of hydrogen-bond donors (Lipinski definition) is 1. The number of urea groups is 1. The van der Waals surface area contributed by atoms with Crippen molar-refractivity contribution in [2.45, 2.75) is 6.42 Å². The SMILES string of the molecule is COc1ccc(CCNC(=O)CN2CCN(c3ccc4c(c3)OCO4)C2=O)cc1. The number of amides is 3. The summed E-state index contributed by atoms with van der Waals surface area (Å²) in [5, 5.41) is 2.88. The molecule has 2 aromatic rings. The Morgan fingerprint density at radius 2 is 1.90 bits per heavy atom. The molecule has 2 heterocycles. The predicted molar refractivity (Wildman–Crippen MR) is 107 cm³/mol. The predicted octanol–water partition coefficient (Wildman–Crippen LogP) is 2.02. The first-order chi connectivity index (χ1) is 14.1. The average molecular weight is 397 g/mol. The molecule has 2 aromatic carbocycles. The lowest BCUT2D eigenvalue weighted by molar-refractivity contribution is -0.121. The Hall–Kier alpha value is -3.42. The van der Waals surface area contributed by atoms with Gasteiger partial charge in [-0.2, -0.15) is 0 Å². The molecule has 8 nitrogen and oxygen atoms in total. The smallest absolute Gasteiger partial charge is 0.325 e. The van der Waals surface area contributed by atoms with Crippen LogP contribution in [0.3, 0.4) is 0 Å². The topological polar surface area (TPSA) is 80.3 Å². The number of fused-ring (bicyclic) bond motifs is 1. The van der Waals surface area contributed by atoms with Gasteiger partial charge in [0.2, 0.25) is 12.7 Å². The molecule has 0 aliphatic carbocycles. The van der Waals surface area contributed by atoms with E-state index in [4.69, 9.17) is 14.2 Å². The highest BCUT2D eigenvalue weighted by Crippen LogP contribution is 2.36. The van der Waals surface area contributed by atoms with Crippen molar-refractivity contribution < 1.29 is 23.8 Å². The van der Waals surface area contributed by atoms with Gasteiger partial charge in [-0.25, -0.2) is 4.79 Å². The third kappa shape index (κ3) is 4.21. The Balaban J connectivity index is 1.26. The van der Waals surface area contributed by atoms with Crippen molar-refractivity contribution in [2.75, 3.05) is 45.0 Å². The number of methoxy groups -OCH3 is 1. The number of hydrogen-bond acceptors (Lipinski definition) is 5. The van der Waals surface area contributed by atoms with Crippen molar-refractivity contribution in [3.8, 4) is 17.2 Å². The molecule has 2 aliphatic rings. The van der Waals surface area contributed by atoms with Crippen LogP contribution < -0.4 is 24.4 Å². The van der Waals surface area contributed by atoms with Crippen LogP contribution >= 0.6 is 0 Å². The molecule has 0 radical (unpaired) electrons. The summed E-state index contributed by atoms with van der Waals surface area (Å²) >= 11 is 0. The van der Waals surface area contributed by atoms with Crippen molar-refractivity contribution in [2.24, 2.45) is 0 Å². The summed E-state index contributed by atoms with van der Waals surface area (Å²) in [5.41, 5.74) is 1.85. The number of anilines is 1. The molecule has 4 rings (SSSR count). The molecule has 0 saturated carbocycles. The molecule has 0 unspecified atom stereocenters. The minimum Gasteiger partial charge on any atom is -0.497 e. The first-order valence-electron chi connectivity index (χ1n) is 9.50. The molecule has 0 atom stereocenters. The summed E-state index contributed by atoms with van der Waals surface area (Å²) in [6.07, 6.45) is 0.715. The van der Waals surface area contributed by atoms with Crippen LogP contribution in [0.1, 0.15) is 5.56 Å². The molecular formula is C21H23N3O5. The van der Waals surface area contributed by atoms with Crippen LogP contribution in [0.15, 0.2) is 42.5 Å². The van der Waals surface area contributed by atoms with Gasteiger partial charge in [0, 0.05) is 31.4 Å². The molecule has 3 amide bonds. The second-order valence-electron chi connectivity index (χ2n) is 6.84. The first-order valence-corrected chi connectivity index (χ1v) is 9.50. The number of carbonyl (C=O) groups excluding carboxylic acids is 2. The van der Waals surface area contributed by atoms with E-state index in [1.54, 1.807) is 29.0 Å². The molecule has 0 spiro atoms. The molecule has 0 bridgehead atoms. The van der Waals surface area contributed by atoms with Gasteiger partial charge in [0.15, 0.2) is 11.5 Å². The monoisotopic (exact) mass is 397 g/mol. The van der Waals surface area contributed by atoms with E-state index in [2.05, 4.69) is 5.32 Å². The number of benzene rings is 2. The van der Waals surface area contributed by atoms with Crippen molar-refractivity contribution in [1.82, 2.24) is 10.2 Å². The zero-order valence-electron chi connectivity index (χ0n) is 16.2. The summed E-state index contributed by atoms with van der Waals surface area (Å²) in [7, 11) is 1.63. The van der Waals surface area contributed by atoms with Crippen molar-refractivity contribution in [1.29, 1.82) is 0 Å². The molecule has 29 heavy (non-hydrogen) atoms. The van der Waals surface area contributed by atoms with Crippen LogP contribution in [0, 0.1) is 0 Å². The summed E-state index contributed by atoms with van der Waals surface area (Å²) in [6, 6.07) is 12.9. The van der Waals surface area contributed by atoms with E-state index in [1.807, 2.05) is 30.3 Å². The van der Waals surface area contributed by atoms with Crippen LogP contribution in [0.25, 0.3) is 0 Å². The van der Waals surface area contributed by atoms with E-state index >= 15 is 0 Å². The lowest BCUT2D eigenvalue weighted by Crippen LogP contribution is -2.40. The second-order valence-corrected chi connectivity index (χ2v) is 6.84. The molecule has 152 valence electrons. The molecule has 2 aliphatic heterocycles. The van der Waals surface area contributed by atoms with E-state index in [-0.39, 0.29) is 25.3 Å². The highest BCUT2D eigenvalue weighted by Gasteiger charge is 2.31. The van der Waals surface area contributed by atoms with Crippen molar-refractivity contribution in [3.05, 3.63) is 48.0 Å². The summed E-state index contributed by atoms with van der Waals surface area (Å²) in [4.78, 5) is 28.1. The molecule has 1 N–H and O–H groups in total. The summed E-state index contributed by atoms with van der Waals surface area (Å²) in [5.74, 6) is 1.94. The Bertz CT molecular complexity index is 900. The van der Waals surface area contributed by atoms with Crippen LogP contribution in [0.2, 0.25) is 0 Å². The van der Waals surface area contributed by atoms with Gasteiger partial charge in [0.25, 0.3) is 0 Å². The maximum absolute atomic E-state index is 12.7. The van der Waals surface area contributed by atoms with Crippen LogP contribution in [0.4, 0.5) is 10.5 Å². The molecule has 1 fully saturated rings. The molecular weight excluding hydrogens is 374 g/mol. The van der Waals surface area contributed by atoms with E-state index in [0.29, 0.717) is 37.6 Å². The van der Waals surface area contributed by atoms with E-state index in [0.717, 1.165) is 17.0 Å². The van der Waals surface area contributed by atoms with Gasteiger partial charge in [-0.3, -0.25) is 9.69 Å². The largest absolute Gasteiger partial charge is 0.497 e. The number of carbonyl (C=O) groups is 2. The van der Waals surface area contributed by atoms with E-state index in [1.165, 1.54) is 0 Å². The fourth-order valence-corrected chi connectivity index (χ4v) is 3.39. The number of rotatable bonds is 7. The van der Waals surface area contributed by atoms with Crippen LogP contribution in [0.5, 0.6) is 17.2 Å². The minimum absolute atomic E-state index is 0.0441. The normalized spacial score (nSPS) is 15.0. The number of nitrogens with zero attached hydrogens (tertiary/aromatic N) is 2. The van der Waals surface area contributed by atoms with Crippen molar-refractivity contribution in [3.63, 3.8) is 0 Å². The van der Waals surface area contributed by atoms with Crippen LogP contribution in [-0.4, -0.2) is 56.9 Å². The van der Waals surface area contributed by atoms with E-state index < -0.39 is 0 Å². The number of nitrogens with one attached hydrogen (secondary N) is 1. The van der Waals surface area contributed by atoms with E-state index in [9.17, 15) is 9.59 Å². The fraction of sp³-hybridized carbons (Fsp3) is 0.333. The van der Waals surface area contributed by atoms with Gasteiger partial charge in [-0.05, 0) is 36.2 Å². The Morgan fingerprint density at radius 3 is 2.69 bits per heavy atom. The minimum atomic E-state index is -0.186. The highest BCUT2D eigenvalue weighted by molar-refractivity contribution is 5.96. The van der Waals surface area contributed by atoms with Gasteiger partial charge in [0.05, 0.1) is 7.11 Å². The average Bonchev–Trinajstić information content (AvgIpc) is 3.35. The van der Waals surface area contributed by atoms with Gasteiger partial charge >= 0.3 is 6.03 Å². The van der Waals surface area contributed by atoms with Gasteiger partial charge in [-0.15, -0.1) is 0 Å². The second kappa shape index (κ2) is 8.30. The molecule has 0 aromatic heterocycles. The lowest BCUT2D eigenvalue weighted by atomic mass is 10.1. The Labute approximate surface area is 168 Å². The van der Waals surface area contributed by atoms with Gasteiger partial charge < -0.3 is 24.4 Å². The van der Waals surface area contributed by atoms with Gasteiger partial charge in [0.1, 0.15) is 12.3 Å². The van der Waals surface area contributed by atoms with Crippen molar-refractivity contribution >= 4 is 17.6 Å². The summed E-state index contributed by atoms with van der Waals surface area (Å²) < 4.78 is 15.8. The maximum Gasteiger partial charge on any atom is 0.325 e. The standard InChI is InChI=1S/C21H23N3O5/c1-27-17-5-2-15(3-6-17)8-9-22-20(25)13-23-10-11-24(21(23)26)16-4-7-18-19(12-16)29-14-28-18/h2-7,12H,8-11,13-14H2,1H3,(H,22,25). The zero-order chi connectivity index (χ0) is 20.2. The third-order valence-electron chi connectivity index (χ3n) is 4.99. The quantitative estimate of drug-likeness (QED) is 0.773. The number of ether oxygens (including phenoxy) is 3. The summed E-state index contributed by atoms with van der Waals surface area (Å²) in [6.45, 7) is 1.77. The lowest BCUT2D eigenvalue weighted by Gasteiger charge is -2.18.